The van der Waals surface area contributed by atoms with Gasteiger partial charge in [-0.2, -0.15) is 0 Å². The average molecular weight is 252 g/mol. The van der Waals surface area contributed by atoms with Gasteiger partial charge in [0.2, 0.25) is 0 Å². The zero-order valence-corrected chi connectivity index (χ0v) is 10.9. The minimum Gasteiger partial charge on any atom is -0.294 e. The Morgan fingerprint density at radius 3 is 2.16 bits per heavy atom. The lowest BCUT2D eigenvalue weighted by Crippen LogP contribution is -2.08. The van der Waals surface area contributed by atoms with Crippen LogP contribution in [0.25, 0.3) is 0 Å². The highest BCUT2D eigenvalue weighted by Gasteiger charge is 2.13. The standard InChI is InChI=1S/C17H16O2/c1-2-13-7-6-10-15(11-13)17(19)12-16(18)14-8-4-3-5-9-14/h3-11H,2,12H2,1H3. The number of carbonyl (C=O) groups excluding carboxylic acids is 2. The fourth-order valence-electron chi connectivity index (χ4n) is 1.94. The van der Waals surface area contributed by atoms with Crippen molar-refractivity contribution in [1.82, 2.24) is 0 Å². The predicted molar refractivity (Wildman–Crippen MR) is 75.5 cm³/mol. The lowest BCUT2D eigenvalue weighted by atomic mass is 10.00. The van der Waals surface area contributed by atoms with Crippen molar-refractivity contribution in [2.45, 2.75) is 19.8 Å². The van der Waals surface area contributed by atoms with Crippen LogP contribution in [0.1, 0.15) is 39.6 Å². The molecule has 0 aromatic heterocycles. The summed E-state index contributed by atoms with van der Waals surface area (Å²) in [5.41, 5.74) is 2.31. The number of rotatable bonds is 5. The van der Waals surface area contributed by atoms with E-state index in [1.54, 1.807) is 30.3 Å². The highest BCUT2D eigenvalue weighted by Crippen LogP contribution is 2.11. The molecule has 0 atom stereocenters. The number of carbonyl (C=O) groups is 2. The largest absolute Gasteiger partial charge is 0.294 e. The van der Waals surface area contributed by atoms with Crippen molar-refractivity contribution >= 4 is 11.6 Å². The molecule has 0 heterocycles. The van der Waals surface area contributed by atoms with Crippen LogP contribution in [0.3, 0.4) is 0 Å². The van der Waals surface area contributed by atoms with Crippen LogP contribution in [0.2, 0.25) is 0 Å². The average Bonchev–Trinajstić information content (AvgIpc) is 2.48. The van der Waals surface area contributed by atoms with E-state index in [-0.39, 0.29) is 18.0 Å². The summed E-state index contributed by atoms with van der Waals surface area (Å²) in [7, 11) is 0. The minimum atomic E-state index is -0.132. The maximum atomic E-state index is 12.1. The second-order valence-electron chi connectivity index (χ2n) is 4.44. The van der Waals surface area contributed by atoms with Gasteiger partial charge in [0, 0.05) is 11.1 Å². The first-order valence-corrected chi connectivity index (χ1v) is 6.41. The van der Waals surface area contributed by atoms with Gasteiger partial charge in [-0.15, -0.1) is 0 Å². The number of aryl methyl sites for hydroxylation is 1. The van der Waals surface area contributed by atoms with Crippen molar-refractivity contribution in [1.29, 1.82) is 0 Å². The number of hydrogen-bond acceptors (Lipinski definition) is 2. The van der Waals surface area contributed by atoms with Crippen LogP contribution < -0.4 is 0 Å². The third kappa shape index (κ3) is 3.38. The molecular formula is C17H16O2. The molecule has 19 heavy (non-hydrogen) atoms. The molecule has 2 rings (SSSR count). The Labute approximate surface area is 113 Å². The molecule has 0 fully saturated rings. The molecule has 0 N–H and O–H groups in total. The smallest absolute Gasteiger partial charge is 0.170 e. The van der Waals surface area contributed by atoms with E-state index >= 15 is 0 Å². The van der Waals surface area contributed by atoms with Crippen molar-refractivity contribution in [3.8, 4) is 0 Å². The second-order valence-corrected chi connectivity index (χ2v) is 4.44. The molecule has 0 bridgehead atoms. The summed E-state index contributed by atoms with van der Waals surface area (Å²) in [6, 6.07) is 16.4. The van der Waals surface area contributed by atoms with E-state index in [1.807, 2.05) is 31.2 Å². The zero-order chi connectivity index (χ0) is 13.7. The van der Waals surface area contributed by atoms with E-state index in [1.165, 1.54) is 0 Å². The first-order valence-electron chi connectivity index (χ1n) is 6.41. The molecule has 2 aromatic carbocycles. The minimum absolute atomic E-state index is 0.0722. The van der Waals surface area contributed by atoms with Crippen LogP contribution in [0, 0.1) is 0 Å². The molecule has 2 aromatic rings. The zero-order valence-electron chi connectivity index (χ0n) is 10.9. The van der Waals surface area contributed by atoms with Gasteiger partial charge < -0.3 is 0 Å². The molecule has 0 radical (unpaired) electrons. The van der Waals surface area contributed by atoms with Gasteiger partial charge in [-0.1, -0.05) is 55.5 Å². The molecular weight excluding hydrogens is 236 g/mol. The Morgan fingerprint density at radius 1 is 0.842 bits per heavy atom. The summed E-state index contributed by atoms with van der Waals surface area (Å²) in [6.07, 6.45) is 0.810. The first-order chi connectivity index (χ1) is 9.20. The Balaban J connectivity index is 2.11. The number of benzene rings is 2. The van der Waals surface area contributed by atoms with Crippen molar-refractivity contribution in [3.63, 3.8) is 0 Å². The van der Waals surface area contributed by atoms with E-state index < -0.39 is 0 Å². The lowest BCUT2D eigenvalue weighted by molar-refractivity contribution is 0.0894. The Bertz CT molecular complexity index is 585. The van der Waals surface area contributed by atoms with Gasteiger partial charge in [0.25, 0.3) is 0 Å². The second kappa shape index (κ2) is 6.10. The summed E-state index contributed by atoms with van der Waals surface area (Å²) in [6.45, 7) is 2.04. The summed E-state index contributed by atoms with van der Waals surface area (Å²) < 4.78 is 0. The fourth-order valence-corrected chi connectivity index (χ4v) is 1.94. The van der Waals surface area contributed by atoms with Crippen LogP contribution in [-0.4, -0.2) is 11.6 Å². The predicted octanol–water partition coefficient (Wildman–Crippen LogP) is 3.70. The van der Waals surface area contributed by atoms with Gasteiger partial charge in [-0.05, 0) is 18.1 Å². The highest BCUT2D eigenvalue weighted by molar-refractivity contribution is 6.13. The first kappa shape index (κ1) is 13.2. The van der Waals surface area contributed by atoms with E-state index in [2.05, 4.69) is 0 Å². The molecule has 0 unspecified atom stereocenters. The molecule has 0 amide bonds. The molecule has 2 nitrogen and oxygen atoms in total. The van der Waals surface area contributed by atoms with Gasteiger partial charge in [0.05, 0.1) is 6.42 Å². The van der Waals surface area contributed by atoms with Crippen LogP contribution in [0.15, 0.2) is 54.6 Å². The molecule has 0 aliphatic rings. The molecule has 0 aliphatic heterocycles. The Kier molecular flexibility index (Phi) is 4.24. The topological polar surface area (TPSA) is 34.1 Å². The SMILES string of the molecule is CCc1cccc(C(=O)CC(=O)c2ccccc2)c1. The maximum Gasteiger partial charge on any atom is 0.170 e. The molecule has 0 saturated heterocycles. The van der Waals surface area contributed by atoms with E-state index in [4.69, 9.17) is 0 Å². The van der Waals surface area contributed by atoms with E-state index in [0.29, 0.717) is 11.1 Å². The van der Waals surface area contributed by atoms with Gasteiger partial charge in [0.15, 0.2) is 11.6 Å². The van der Waals surface area contributed by atoms with E-state index in [0.717, 1.165) is 12.0 Å². The van der Waals surface area contributed by atoms with Crippen LogP contribution >= 0.6 is 0 Å². The fraction of sp³-hybridized carbons (Fsp3) is 0.176. The molecule has 0 aliphatic carbocycles. The molecule has 0 saturated carbocycles. The third-order valence-electron chi connectivity index (χ3n) is 3.07. The monoisotopic (exact) mass is 252 g/mol. The quantitative estimate of drug-likeness (QED) is 0.600. The maximum absolute atomic E-state index is 12.1. The normalized spacial score (nSPS) is 10.2. The van der Waals surface area contributed by atoms with Gasteiger partial charge in [-0.3, -0.25) is 9.59 Å². The van der Waals surface area contributed by atoms with Gasteiger partial charge in [0.1, 0.15) is 0 Å². The summed E-state index contributed by atoms with van der Waals surface area (Å²) >= 11 is 0. The summed E-state index contributed by atoms with van der Waals surface area (Å²) in [5, 5.41) is 0. The van der Waals surface area contributed by atoms with Gasteiger partial charge >= 0.3 is 0 Å². The van der Waals surface area contributed by atoms with Crippen molar-refractivity contribution in [2.24, 2.45) is 0 Å². The summed E-state index contributed by atoms with van der Waals surface area (Å²) in [4.78, 5) is 24.0. The Morgan fingerprint density at radius 2 is 1.47 bits per heavy atom. The Hall–Kier alpha value is -2.22. The lowest BCUT2D eigenvalue weighted by Gasteiger charge is -2.03. The number of Topliss-reactive ketones (excluding diaryl/α,β-unsaturated/α-hetero) is 2. The van der Waals surface area contributed by atoms with E-state index in [9.17, 15) is 9.59 Å². The molecule has 0 spiro atoms. The van der Waals surface area contributed by atoms with Crippen molar-refractivity contribution < 1.29 is 9.59 Å². The van der Waals surface area contributed by atoms with Crippen LogP contribution in [0.4, 0.5) is 0 Å². The third-order valence-corrected chi connectivity index (χ3v) is 3.07. The number of ketones is 2. The van der Waals surface area contributed by atoms with Crippen LogP contribution in [0.5, 0.6) is 0 Å². The van der Waals surface area contributed by atoms with Crippen molar-refractivity contribution in [2.75, 3.05) is 0 Å². The summed E-state index contributed by atoms with van der Waals surface area (Å²) in [5.74, 6) is -0.253. The molecule has 2 heteroatoms. The van der Waals surface area contributed by atoms with Crippen molar-refractivity contribution in [3.05, 3.63) is 71.3 Å². The van der Waals surface area contributed by atoms with Crippen LogP contribution in [-0.2, 0) is 6.42 Å². The van der Waals surface area contributed by atoms with Gasteiger partial charge in [-0.25, -0.2) is 0 Å². The highest BCUT2D eigenvalue weighted by atomic mass is 16.1. The number of hydrogen-bond donors (Lipinski definition) is 0. The molecule has 96 valence electrons.